The molecular weight excluding hydrogens is 601 g/mol. The zero-order valence-corrected chi connectivity index (χ0v) is 28.0. The van der Waals surface area contributed by atoms with E-state index >= 15 is 0 Å². The van der Waals surface area contributed by atoms with Crippen LogP contribution in [0.3, 0.4) is 0 Å². The van der Waals surface area contributed by atoms with Crippen LogP contribution in [0.15, 0.2) is 188 Å². The van der Waals surface area contributed by atoms with E-state index in [0.29, 0.717) is 0 Å². The van der Waals surface area contributed by atoms with Crippen LogP contribution >= 0.6 is 11.3 Å². The normalized spacial score (nSPS) is 11.9. The highest BCUT2D eigenvalue weighted by Gasteiger charge is 2.25. The van der Waals surface area contributed by atoms with Crippen molar-refractivity contribution < 1.29 is 0 Å². The van der Waals surface area contributed by atoms with E-state index < -0.39 is 5.66 Å². The first-order valence-electron chi connectivity index (χ1n) is 16.2. The first kappa shape index (κ1) is 32.6. The van der Waals surface area contributed by atoms with E-state index in [0.717, 1.165) is 23.1 Å². The maximum atomic E-state index is 6.60. The van der Waals surface area contributed by atoms with Crippen molar-refractivity contribution >= 4 is 31.5 Å². The van der Waals surface area contributed by atoms with E-state index in [1.807, 2.05) is 72.0 Å². The summed E-state index contributed by atoms with van der Waals surface area (Å²) in [7, 11) is 0. The average Bonchev–Trinajstić information content (AvgIpc) is 3.52. The van der Waals surface area contributed by atoms with Crippen molar-refractivity contribution in [1.29, 1.82) is 0 Å². The van der Waals surface area contributed by atoms with Crippen LogP contribution in [0, 0.1) is 6.92 Å². The van der Waals surface area contributed by atoms with Gasteiger partial charge in [0.15, 0.2) is 0 Å². The van der Waals surface area contributed by atoms with Crippen molar-refractivity contribution in [2.45, 2.75) is 19.0 Å². The number of rotatable bonds is 8. The molecule has 6 aromatic carbocycles. The summed E-state index contributed by atoms with van der Waals surface area (Å²) in [5, 5.41) is 2.75. The summed E-state index contributed by atoms with van der Waals surface area (Å²) in [5.74, 6) is 0. The number of aryl methyl sites for hydroxylation is 1. The van der Waals surface area contributed by atoms with Crippen molar-refractivity contribution in [3.8, 4) is 22.3 Å². The Labute approximate surface area is 288 Å². The molecule has 7 rings (SSSR count). The first-order chi connectivity index (χ1) is 23.4. The monoisotopic (exact) mass is 640 g/mol. The van der Waals surface area contributed by atoms with E-state index in [4.69, 9.17) is 11.5 Å². The number of hydrogen-bond acceptors (Lipinski definition) is 3. The molecule has 0 saturated heterocycles. The second kappa shape index (κ2) is 15.1. The molecule has 2 nitrogen and oxygen atoms in total. The molecule has 4 N–H and O–H groups in total. The van der Waals surface area contributed by atoms with Gasteiger partial charge < -0.3 is 11.5 Å². The Morgan fingerprint density at radius 2 is 1.25 bits per heavy atom. The van der Waals surface area contributed by atoms with Crippen LogP contribution < -0.4 is 11.5 Å². The maximum Gasteiger partial charge on any atom is 0.116 e. The maximum absolute atomic E-state index is 6.60. The Hall–Kier alpha value is -5.32. The number of nitrogens with two attached hydrogens (primary N) is 2. The zero-order chi connectivity index (χ0) is 33.3. The van der Waals surface area contributed by atoms with E-state index in [-0.39, 0.29) is 0 Å². The Kier molecular flexibility index (Phi) is 10.2. The van der Waals surface area contributed by atoms with Gasteiger partial charge in [-0.2, -0.15) is 0 Å². The Balaban J connectivity index is 0.000000176. The van der Waals surface area contributed by atoms with Gasteiger partial charge in [0.2, 0.25) is 0 Å². The van der Waals surface area contributed by atoms with E-state index in [1.165, 1.54) is 48.0 Å². The SMILES string of the molecule is C=C/C=C\C(=C/Cc1ccccc1)C(N)(N)c1ccc(-c2ccccc2)cc1.Cc1ccc(-c2cccc3sc4ccccc4c23)cc1. The Bertz CT molecular complexity index is 2170. The highest BCUT2D eigenvalue weighted by molar-refractivity contribution is 7.25. The number of allylic oxidation sites excluding steroid dienone is 3. The van der Waals surface area contributed by atoms with Crippen molar-refractivity contribution in [1.82, 2.24) is 0 Å². The fourth-order valence-electron chi connectivity index (χ4n) is 5.87. The van der Waals surface area contributed by atoms with Crippen LogP contribution in [-0.4, -0.2) is 0 Å². The van der Waals surface area contributed by atoms with Gasteiger partial charge >= 0.3 is 0 Å². The molecule has 0 bridgehead atoms. The molecule has 0 spiro atoms. The molecule has 1 heterocycles. The molecule has 0 aliphatic heterocycles. The molecule has 0 aliphatic rings. The molecule has 0 radical (unpaired) electrons. The lowest BCUT2D eigenvalue weighted by Crippen LogP contribution is -2.47. The third-order valence-electron chi connectivity index (χ3n) is 8.52. The summed E-state index contributed by atoms with van der Waals surface area (Å²) >= 11 is 1.87. The van der Waals surface area contributed by atoms with Crippen LogP contribution in [0.1, 0.15) is 16.7 Å². The summed E-state index contributed by atoms with van der Waals surface area (Å²) in [6.45, 7) is 5.88. The number of thiophene rings is 1. The zero-order valence-electron chi connectivity index (χ0n) is 27.2. The lowest BCUT2D eigenvalue weighted by Gasteiger charge is -2.27. The van der Waals surface area contributed by atoms with Crippen LogP contribution in [-0.2, 0) is 12.1 Å². The third kappa shape index (κ3) is 7.46. The minimum absolute atomic E-state index is 0.760. The van der Waals surface area contributed by atoms with Gasteiger partial charge in [-0.25, -0.2) is 0 Å². The van der Waals surface area contributed by atoms with Crippen LogP contribution in [0.25, 0.3) is 42.4 Å². The Morgan fingerprint density at radius 1 is 0.646 bits per heavy atom. The van der Waals surface area contributed by atoms with Crippen molar-refractivity contribution in [2.75, 3.05) is 0 Å². The summed E-state index contributed by atoms with van der Waals surface area (Å²) in [6, 6.07) is 52.7. The second-order valence-corrected chi connectivity index (χ2v) is 13.0. The molecular formula is C45H40N2S. The summed E-state index contributed by atoms with van der Waals surface area (Å²) in [4.78, 5) is 0. The lowest BCUT2D eigenvalue weighted by atomic mass is 9.89. The molecule has 0 amide bonds. The molecule has 0 saturated carbocycles. The highest BCUT2D eigenvalue weighted by Crippen LogP contribution is 2.39. The second-order valence-electron chi connectivity index (χ2n) is 11.9. The fraction of sp³-hybridized carbons (Fsp3) is 0.0667. The highest BCUT2D eigenvalue weighted by atomic mass is 32.1. The van der Waals surface area contributed by atoms with Gasteiger partial charge in [-0.1, -0.05) is 176 Å². The molecule has 7 aromatic rings. The van der Waals surface area contributed by atoms with Crippen LogP contribution in [0.5, 0.6) is 0 Å². The van der Waals surface area contributed by atoms with Gasteiger partial charge in [-0.15, -0.1) is 11.3 Å². The standard InChI is InChI=1S/C26H26N2.C19H14S/c1-2-3-14-24(18-15-21-10-6-4-7-11-21)26(27,28)25-19-16-23(17-20-25)22-12-8-5-9-13-22;1-13-9-11-14(12-10-13)15-6-4-8-18-19(15)16-5-2-3-7-17(16)20-18/h2-14,16-20H,1,15,27-28H2;2-12H,1H3/b14-3-,24-18+;. The van der Waals surface area contributed by atoms with Crippen molar-refractivity contribution in [2.24, 2.45) is 11.5 Å². The minimum atomic E-state index is -1.09. The van der Waals surface area contributed by atoms with Gasteiger partial charge in [0.25, 0.3) is 0 Å². The topological polar surface area (TPSA) is 52.0 Å². The van der Waals surface area contributed by atoms with Gasteiger partial charge in [0, 0.05) is 20.2 Å². The van der Waals surface area contributed by atoms with Gasteiger partial charge in [0.05, 0.1) is 0 Å². The lowest BCUT2D eigenvalue weighted by molar-refractivity contribution is 0.564. The molecule has 1 aromatic heterocycles. The van der Waals surface area contributed by atoms with E-state index in [1.54, 1.807) is 6.08 Å². The average molecular weight is 641 g/mol. The minimum Gasteiger partial charge on any atom is -0.306 e. The molecule has 0 atom stereocenters. The van der Waals surface area contributed by atoms with Gasteiger partial charge in [-0.05, 0) is 64.4 Å². The first-order valence-corrected chi connectivity index (χ1v) is 17.0. The summed E-state index contributed by atoms with van der Waals surface area (Å²) < 4.78 is 2.73. The molecule has 48 heavy (non-hydrogen) atoms. The van der Waals surface area contributed by atoms with Crippen LogP contribution in [0.2, 0.25) is 0 Å². The summed E-state index contributed by atoms with van der Waals surface area (Å²) in [5.41, 5.74) is 21.3. The van der Waals surface area contributed by atoms with Gasteiger partial charge in [0.1, 0.15) is 5.66 Å². The quantitative estimate of drug-likeness (QED) is 0.128. The smallest absolute Gasteiger partial charge is 0.116 e. The predicted molar refractivity (Wildman–Crippen MR) is 209 cm³/mol. The molecule has 236 valence electrons. The molecule has 0 aliphatic carbocycles. The molecule has 0 unspecified atom stereocenters. The number of fused-ring (bicyclic) bond motifs is 3. The molecule has 3 heteroatoms. The van der Waals surface area contributed by atoms with Crippen molar-refractivity contribution in [3.05, 3.63) is 205 Å². The fourth-order valence-corrected chi connectivity index (χ4v) is 7.00. The van der Waals surface area contributed by atoms with E-state index in [9.17, 15) is 0 Å². The largest absolute Gasteiger partial charge is 0.306 e. The van der Waals surface area contributed by atoms with Crippen molar-refractivity contribution in [3.63, 3.8) is 0 Å². The molecule has 0 fully saturated rings. The third-order valence-corrected chi connectivity index (χ3v) is 9.66. The predicted octanol–water partition coefficient (Wildman–Crippen LogP) is 11.4. The van der Waals surface area contributed by atoms with Gasteiger partial charge in [-0.3, -0.25) is 0 Å². The Morgan fingerprint density at radius 3 is 1.96 bits per heavy atom. The van der Waals surface area contributed by atoms with Crippen LogP contribution in [0.4, 0.5) is 0 Å². The number of benzene rings is 6. The summed E-state index contributed by atoms with van der Waals surface area (Å²) in [6.07, 6.45) is 8.37. The number of hydrogen-bond donors (Lipinski definition) is 2. The van der Waals surface area contributed by atoms with E-state index in [2.05, 4.69) is 123 Å².